The van der Waals surface area contributed by atoms with Crippen molar-refractivity contribution in [2.45, 2.75) is 38.7 Å². The third-order valence-corrected chi connectivity index (χ3v) is 7.50. The lowest BCUT2D eigenvalue weighted by molar-refractivity contribution is 0.0459. The average molecular weight is 555 g/mol. The van der Waals surface area contributed by atoms with E-state index in [1.807, 2.05) is 55.5 Å². The van der Waals surface area contributed by atoms with Crippen LogP contribution in [0.2, 0.25) is 0 Å². The van der Waals surface area contributed by atoms with E-state index in [2.05, 4.69) is 15.3 Å². The zero-order chi connectivity index (χ0) is 28.8. The normalized spacial score (nSPS) is 13.8. The lowest BCUT2D eigenvalue weighted by Gasteiger charge is -2.33. The second kappa shape index (κ2) is 12.9. The molecule has 5 rings (SSSR count). The summed E-state index contributed by atoms with van der Waals surface area (Å²) in [5.41, 5.74) is 4.79. The van der Waals surface area contributed by atoms with E-state index < -0.39 is 5.82 Å². The van der Waals surface area contributed by atoms with Crippen LogP contribution in [0.4, 0.5) is 21.5 Å². The molecule has 0 bridgehead atoms. The molecule has 2 heterocycles. The second-order valence-corrected chi connectivity index (χ2v) is 10.4. The van der Waals surface area contributed by atoms with Gasteiger partial charge in [0.15, 0.2) is 11.6 Å². The van der Waals surface area contributed by atoms with E-state index in [4.69, 9.17) is 4.74 Å². The van der Waals surface area contributed by atoms with Gasteiger partial charge in [-0.3, -0.25) is 14.3 Å². The van der Waals surface area contributed by atoms with Gasteiger partial charge in [0.25, 0.3) is 0 Å². The maximum Gasteiger partial charge on any atom is 0.185 e. The van der Waals surface area contributed by atoms with E-state index in [1.54, 1.807) is 31.4 Å². The van der Waals surface area contributed by atoms with Crippen LogP contribution in [0.15, 0.2) is 79.0 Å². The van der Waals surface area contributed by atoms with Gasteiger partial charge in [0.2, 0.25) is 0 Å². The highest BCUT2D eigenvalue weighted by Crippen LogP contribution is 2.24. The molecule has 0 spiro atoms. The number of aryl methyl sites for hydroxylation is 1. The summed E-state index contributed by atoms with van der Waals surface area (Å²) < 4.78 is 22.0. The Bertz CT molecular complexity index is 1490. The topological polar surface area (TPSA) is 76.5 Å². The molecule has 0 amide bonds. The molecule has 0 radical (unpaired) electrons. The average Bonchev–Trinajstić information content (AvgIpc) is 3.42. The van der Waals surface area contributed by atoms with Gasteiger partial charge in [-0.2, -0.15) is 5.10 Å². The van der Waals surface area contributed by atoms with Crippen molar-refractivity contribution in [1.82, 2.24) is 9.78 Å². The quantitative estimate of drug-likeness (QED) is 0.224. The summed E-state index contributed by atoms with van der Waals surface area (Å²) in [6, 6.07) is 21.6. The van der Waals surface area contributed by atoms with Crippen LogP contribution in [0.3, 0.4) is 0 Å². The molecule has 0 unspecified atom stereocenters. The number of hydrogen-bond acceptors (Lipinski definition) is 6. The molecule has 4 aromatic rings. The van der Waals surface area contributed by atoms with Crippen molar-refractivity contribution in [3.8, 4) is 0 Å². The third-order valence-electron chi connectivity index (χ3n) is 7.50. The van der Waals surface area contributed by atoms with Gasteiger partial charge in [-0.05, 0) is 85.5 Å². The van der Waals surface area contributed by atoms with Gasteiger partial charge in [0.1, 0.15) is 11.5 Å². The number of ether oxygens (including phenoxy) is 1. The Morgan fingerprint density at radius 3 is 2.24 bits per heavy atom. The number of piperidine rings is 1. The van der Waals surface area contributed by atoms with Crippen LogP contribution in [0, 0.1) is 5.82 Å². The van der Waals surface area contributed by atoms with Gasteiger partial charge in [-0.25, -0.2) is 4.39 Å². The predicted octanol–water partition coefficient (Wildman–Crippen LogP) is 6.16. The number of halogens is 1. The van der Waals surface area contributed by atoms with Crippen LogP contribution in [-0.2, 0) is 24.6 Å². The smallest absolute Gasteiger partial charge is 0.185 e. The van der Waals surface area contributed by atoms with Crippen molar-refractivity contribution in [1.29, 1.82) is 0 Å². The molecule has 0 atom stereocenters. The van der Waals surface area contributed by atoms with Gasteiger partial charge in [0.05, 0.1) is 11.8 Å². The molecule has 1 aromatic heterocycles. The predicted molar refractivity (Wildman–Crippen MR) is 159 cm³/mol. The standard InChI is InChI=1S/C33H35FN4O3/c1-3-41-28-15-18-38(19-16-28)27-11-7-25(8-12-27)32(39)21-23-4-9-26(10-5-23)36-30-13-6-24(20-29(30)34)22-33(40)31-14-17-35-37(31)2/h4-14,17,20,28,36H,3,15-16,18-19,21-22H2,1-2H3. The largest absolute Gasteiger partial charge is 0.378 e. The summed E-state index contributed by atoms with van der Waals surface area (Å²) in [5, 5.41) is 7.09. The highest BCUT2D eigenvalue weighted by molar-refractivity contribution is 5.98. The van der Waals surface area contributed by atoms with Crippen molar-refractivity contribution in [2.24, 2.45) is 7.05 Å². The molecule has 1 aliphatic rings. The molecule has 1 N–H and O–H groups in total. The van der Waals surface area contributed by atoms with Crippen LogP contribution >= 0.6 is 0 Å². The first-order chi connectivity index (χ1) is 19.9. The lowest BCUT2D eigenvalue weighted by Crippen LogP contribution is -2.37. The number of nitrogens with zero attached hydrogens (tertiary/aromatic N) is 3. The fourth-order valence-electron chi connectivity index (χ4n) is 5.22. The molecule has 0 aliphatic carbocycles. The van der Waals surface area contributed by atoms with E-state index in [9.17, 15) is 14.0 Å². The lowest BCUT2D eigenvalue weighted by atomic mass is 10.0. The number of anilines is 3. The Hall–Kier alpha value is -4.30. The monoisotopic (exact) mass is 554 g/mol. The Morgan fingerprint density at radius 2 is 1.61 bits per heavy atom. The van der Waals surface area contributed by atoms with Crippen LogP contribution in [0.25, 0.3) is 0 Å². The summed E-state index contributed by atoms with van der Waals surface area (Å²) >= 11 is 0. The number of benzene rings is 3. The van der Waals surface area contributed by atoms with E-state index >= 15 is 0 Å². The number of Topliss-reactive ketones (excluding diaryl/α,β-unsaturated/α-hetero) is 2. The van der Waals surface area contributed by atoms with E-state index in [0.717, 1.165) is 43.8 Å². The number of carbonyl (C=O) groups is 2. The number of carbonyl (C=O) groups excluding carboxylic acids is 2. The van der Waals surface area contributed by atoms with E-state index in [0.29, 0.717) is 34.3 Å². The van der Waals surface area contributed by atoms with Crippen LogP contribution in [-0.4, -0.2) is 47.1 Å². The molecule has 1 fully saturated rings. The second-order valence-electron chi connectivity index (χ2n) is 10.4. The third kappa shape index (κ3) is 7.08. The first-order valence-corrected chi connectivity index (χ1v) is 14.0. The van der Waals surface area contributed by atoms with Crippen LogP contribution in [0.1, 0.15) is 51.7 Å². The van der Waals surface area contributed by atoms with Gasteiger partial charge < -0.3 is 15.0 Å². The Labute approximate surface area is 239 Å². The molecular formula is C33H35FN4O3. The molecule has 0 saturated carbocycles. The molecule has 8 heteroatoms. The van der Waals surface area contributed by atoms with Crippen molar-refractivity contribution >= 4 is 28.6 Å². The minimum Gasteiger partial charge on any atom is -0.378 e. The fourth-order valence-corrected chi connectivity index (χ4v) is 5.22. The molecule has 3 aromatic carbocycles. The van der Waals surface area contributed by atoms with Crippen molar-refractivity contribution < 1.29 is 18.7 Å². The molecular weight excluding hydrogens is 519 g/mol. The van der Waals surface area contributed by atoms with Gasteiger partial charge >= 0.3 is 0 Å². The fraction of sp³-hybridized carbons (Fsp3) is 0.303. The summed E-state index contributed by atoms with van der Waals surface area (Å²) in [5.74, 6) is -0.513. The summed E-state index contributed by atoms with van der Waals surface area (Å²) in [6.07, 6.45) is 4.32. The van der Waals surface area contributed by atoms with E-state index in [-0.39, 0.29) is 24.4 Å². The molecule has 7 nitrogen and oxygen atoms in total. The number of hydrogen-bond donors (Lipinski definition) is 1. The molecule has 1 saturated heterocycles. The van der Waals surface area contributed by atoms with E-state index in [1.165, 1.54) is 10.7 Å². The maximum atomic E-state index is 14.8. The van der Waals surface area contributed by atoms with Crippen molar-refractivity contribution in [3.63, 3.8) is 0 Å². The van der Waals surface area contributed by atoms with Gasteiger partial charge in [-0.1, -0.05) is 18.2 Å². The Morgan fingerprint density at radius 1 is 0.927 bits per heavy atom. The summed E-state index contributed by atoms with van der Waals surface area (Å²) in [7, 11) is 1.70. The summed E-state index contributed by atoms with van der Waals surface area (Å²) in [4.78, 5) is 27.7. The summed E-state index contributed by atoms with van der Waals surface area (Å²) in [6.45, 7) is 4.70. The van der Waals surface area contributed by atoms with Crippen molar-refractivity contribution in [3.05, 3.63) is 107 Å². The van der Waals surface area contributed by atoms with Crippen LogP contribution in [0.5, 0.6) is 0 Å². The maximum absolute atomic E-state index is 14.8. The molecule has 212 valence electrons. The number of aromatic nitrogens is 2. The highest BCUT2D eigenvalue weighted by atomic mass is 19.1. The number of rotatable bonds is 11. The minimum atomic E-state index is -0.443. The first-order valence-electron chi connectivity index (χ1n) is 14.0. The van der Waals surface area contributed by atoms with Gasteiger partial charge in [-0.15, -0.1) is 0 Å². The molecule has 41 heavy (non-hydrogen) atoms. The number of nitrogens with one attached hydrogen (secondary N) is 1. The zero-order valence-electron chi connectivity index (χ0n) is 23.5. The minimum absolute atomic E-state index is 0.0506. The number of ketones is 2. The molecule has 1 aliphatic heterocycles. The zero-order valence-corrected chi connectivity index (χ0v) is 23.5. The van der Waals surface area contributed by atoms with Crippen LogP contribution < -0.4 is 10.2 Å². The Balaban J connectivity index is 1.14. The van der Waals surface area contributed by atoms with Crippen molar-refractivity contribution in [2.75, 3.05) is 29.9 Å². The van der Waals surface area contributed by atoms with Gasteiger partial charge in [0, 0.05) is 62.7 Å². The Kier molecular flexibility index (Phi) is 8.89. The highest BCUT2D eigenvalue weighted by Gasteiger charge is 2.20. The SMILES string of the molecule is CCOC1CCN(c2ccc(C(=O)Cc3ccc(Nc4ccc(CC(=O)c5ccnn5C)cc4F)cc3)cc2)CC1. The first kappa shape index (κ1) is 28.2.